The number of nitrogens with zero attached hydrogens (tertiary/aromatic N) is 1. The van der Waals surface area contributed by atoms with Crippen LogP contribution in [0.5, 0.6) is 0 Å². The fourth-order valence-electron chi connectivity index (χ4n) is 0.441. The van der Waals surface area contributed by atoms with Crippen LogP contribution in [0.3, 0.4) is 0 Å². The quantitative estimate of drug-likeness (QED) is 0.618. The van der Waals surface area contributed by atoms with Crippen LogP contribution in [0.2, 0.25) is 0 Å². The lowest BCUT2D eigenvalue weighted by atomic mass is 10.3. The van der Waals surface area contributed by atoms with Crippen LogP contribution in [0, 0.1) is 0 Å². The van der Waals surface area contributed by atoms with E-state index in [0.717, 1.165) is 4.88 Å². The molecule has 0 saturated carbocycles. The molecule has 1 aromatic rings. The highest BCUT2D eigenvalue weighted by Gasteiger charge is 1.99. The van der Waals surface area contributed by atoms with Gasteiger partial charge in [0.1, 0.15) is 0 Å². The van der Waals surface area contributed by atoms with Gasteiger partial charge in [-0.05, 0) is 24.5 Å². The van der Waals surface area contributed by atoms with Gasteiger partial charge in [0.2, 0.25) is 0 Å². The summed E-state index contributed by atoms with van der Waals surface area (Å²) in [4.78, 5) is 0.921. The summed E-state index contributed by atoms with van der Waals surface area (Å²) in [5, 5.41) is 8.88. The van der Waals surface area contributed by atoms with Crippen molar-refractivity contribution in [3.63, 3.8) is 0 Å². The molecule has 0 aliphatic heterocycles. The first-order valence-electron chi connectivity index (χ1n) is 2.39. The SMILES string of the molecule is CC(O)c1ccns1. The van der Waals surface area contributed by atoms with Crippen LogP contribution in [0.25, 0.3) is 0 Å². The fourth-order valence-corrected chi connectivity index (χ4v) is 0.959. The van der Waals surface area contributed by atoms with Crippen LogP contribution in [0.4, 0.5) is 0 Å². The van der Waals surface area contributed by atoms with Gasteiger partial charge in [-0.25, -0.2) is 4.37 Å². The van der Waals surface area contributed by atoms with Gasteiger partial charge in [-0.15, -0.1) is 0 Å². The lowest BCUT2D eigenvalue weighted by molar-refractivity contribution is 0.203. The van der Waals surface area contributed by atoms with Crippen molar-refractivity contribution in [1.29, 1.82) is 0 Å². The summed E-state index contributed by atoms with van der Waals surface area (Å²) in [6.45, 7) is 1.73. The van der Waals surface area contributed by atoms with Gasteiger partial charge in [-0.3, -0.25) is 0 Å². The average molecular weight is 129 g/mol. The lowest BCUT2D eigenvalue weighted by Gasteiger charge is -1.93. The Morgan fingerprint density at radius 2 is 2.62 bits per heavy atom. The molecular weight excluding hydrogens is 122 g/mol. The summed E-state index contributed by atoms with van der Waals surface area (Å²) in [6.07, 6.45) is 1.33. The Morgan fingerprint density at radius 1 is 1.88 bits per heavy atom. The number of hydrogen-bond acceptors (Lipinski definition) is 3. The average Bonchev–Trinajstić information content (AvgIpc) is 2.12. The summed E-state index contributed by atoms with van der Waals surface area (Å²) in [6, 6.07) is 1.81. The van der Waals surface area contributed by atoms with Gasteiger partial charge in [-0.2, -0.15) is 0 Å². The molecule has 0 aliphatic carbocycles. The molecule has 1 aromatic heterocycles. The third kappa shape index (κ3) is 1.05. The van der Waals surface area contributed by atoms with Gasteiger partial charge < -0.3 is 5.11 Å². The summed E-state index contributed by atoms with van der Waals surface area (Å²) >= 11 is 1.33. The van der Waals surface area contributed by atoms with E-state index in [-0.39, 0.29) is 6.10 Å². The maximum atomic E-state index is 8.88. The first-order valence-corrected chi connectivity index (χ1v) is 3.16. The van der Waals surface area contributed by atoms with Crippen molar-refractivity contribution in [3.8, 4) is 0 Å². The molecule has 0 bridgehead atoms. The minimum atomic E-state index is -0.359. The highest BCUT2D eigenvalue weighted by molar-refractivity contribution is 7.05. The van der Waals surface area contributed by atoms with Gasteiger partial charge in [0.05, 0.1) is 11.0 Å². The largest absolute Gasteiger partial charge is 0.388 e. The Labute approximate surface area is 52.0 Å². The van der Waals surface area contributed by atoms with Gasteiger partial charge in [-0.1, -0.05) is 0 Å². The Hall–Kier alpha value is -0.410. The van der Waals surface area contributed by atoms with Gasteiger partial charge in [0.15, 0.2) is 0 Å². The van der Waals surface area contributed by atoms with Crippen molar-refractivity contribution < 1.29 is 5.11 Å². The molecule has 0 saturated heterocycles. The number of rotatable bonds is 1. The smallest absolute Gasteiger partial charge is 0.0869 e. The Kier molecular flexibility index (Phi) is 1.60. The predicted octanol–water partition coefficient (Wildman–Crippen LogP) is 1.20. The van der Waals surface area contributed by atoms with Crippen LogP contribution in [-0.4, -0.2) is 9.48 Å². The van der Waals surface area contributed by atoms with E-state index < -0.39 is 0 Å². The maximum Gasteiger partial charge on any atom is 0.0869 e. The molecule has 0 aliphatic rings. The van der Waals surface area contributed by atoms with Gasteiger partial charge in [0, 0.05) is 6.20 Å². The van der Waals surface area contributed by atoms with Crippen molar-refractivity contribution in [3.05, 3.63) is 17.1 Å². The molecular formula is C5H7NOS. The van der Waals surface area contributed by atoms with E-state index in [0.29, 0.717) is 0 Å². The second-order valence-electron chi connectivity index (χ2n) is 1.59. The number of aromatic nitrogens is 1. The molecule has 1 atom stereocenters. The standard InChI is InChI=1S/C5H7NOS/c1-4(7)5-2-3-6-8-5/h2-4,7H,1H3. The van der Waals surface area contributed by atoms with Gasteiger partial charge in [0.25, 0.3) is 0 Å². The lowest BCUT2D eigenvalue weighted by Crippen LogP contribution is -1.82. The minimum Gasteiger partial charge on any atom is -0.388 e. The minimum absolute atomic E-state index is 0.359. The normalized spacial score (nSPS) is 13.8. The van der Waals surface area contributed by atoms with Crippen molar-refractivity contribution in [2.45, 2.75) is 13.0 Å². The van der Waals surface area contributed by atoms with Crippen LogP contribution in [0.15, 0.2) is 12.3 Å². The van der Waals surface area contributed by atoms with E-state index in [9.17, 15) is 0 Å². The third-order valence-electron chi connectivity index (χ3n) is 0.870. The van der Waals surface area contributed by atoms with Gasteiger partial charge >= 0.3 is 0 Å². The van der Waals surface area contributed by atoms with Crippen LogP contribution in [0.1, 0.15) is 17.9 Å². The maximum absolute atomic E-state index is 8.88. The molecule has 0 spiro atoms. The van der Waals surface area contributed by atoms with E-state index in [1.165, 1.54) is 11.5 Å². The van der Waals surface area contributed by atoms with E-state index in [1.807, 2.05) is 6.07 Å². The topological polar surface area (TPSA) is 33.1 Å². The molecule has 2 nitrogen and oxygen atoms in total. The molecule has 3 heteroatoms. The second-order valence-corrected chi connectivity index (χ2v) is 2.46. The van der Waals surface area contributed by atoms with E-state index in [2.05, 4.69) is 4.37 Å². The molecule has 1 unspecified atom stereocenters. The van der Waals surface area contributed by atoms with E-state index >= 15 is 0 Å². The number of hydrogen-bond donors (Lipinski definition) is 1. The molecule has 0 radical (unpaired) electrons. The zero-order valence-corrected chi connectivity index (χ0v) is 5.35. The molecule has 1 heterocycles. The monoisotopic (exact) mass is 129 g/mol. The van der Waals surface area contributed by atoms with Crippen molar-refractivity contribution in [1.82, 2.24) is 4.37 Å². The van der Waals surface area contributed by atoms with Crippen LogP contribution in [-0.2, 0) is 0 Å². The van der Waals surface area contributed by atoms with E-state index in [1.54, 1.807) is 13.1 Å². The molecule has 1 N–H and O–H groups in total. The van der Waals surface area contributed by atoms with Crippen LogP contribution < -0.4 is 0 Å². The summed E-state index contributed by atoms with van der Waals surface area (Å²) in [5.74, 6) is 0. The second kappa shape index (κ2) is 2.24. The first-order chi connectivity index (χ1) is 3.80. The molecule has 0 fully saturated rings. The fraction of sp³-hybridized carbons (Fsp3) is 0.400. The van der Waals surface area contributed by atoms with Crippen molar-refractivity contribution in [2.24, 2.45) is 0 Å². The Balaban J connectivity index is 2.77. The molecule has 0 amide bonds. The molecule has 1 rings (SSSR count). The first kappa shape index (κ1) is 5.72. The highest BCUT2D eigenvalue weighted by atomic mass is 32.1. The summed E-state index contributed by atoms with van der Waals surface area (Å²) < 4.78 is 3.83. The van der Waals surface area contributed by atoms with Crippen molar-refractivity contribution >= 4 is 11.5 Å². The Bertz CT molecular complexity index is 147. The molecule has 8 heavy (non-hydrogen) atoms. The molecule has 44 valence electrons. The Morgan fingerprint density at radius 3 is 2.88 bits per heavy atom. The van der Waals surface area contributed by atoms with Crippen molar-refractivity contribution in [2.75, 3.05) is 0 Å². The predicted molar refractivity (Wildman–Crippen MR) is 32.7 cm³/mol. The zero-order valence-electron chi connectivity index (χ0n) is 4.53. The third-order valence-corrected chi connectivity index (χ3v) is 1.78. The number of aliphatic hydroxyl groups is 1. The molecule has 0 aromatic carbocycles. The van der Waals surface area contributed by atoms with E-state index in [4.69, 9.17) is 5.11 Å². The van der Waals surface area contributed by atoms with Crippen LogP contribution >= 0.6 is 11.5 Å². The number of aliphatic hydroxyl groups excluding tert-OH is 1. The summed E-state index contributed by atoms with van der Waals surface area (Å²) in [5.41, 5.74) is 0. The summed E-state index contributed by atoms with van der Waals surface area (Å²) in [7, 11) is 0. The highest BCUT2D eigenvalue weighted by Crippen LogP contribution is 2.14. The zero-order chi connectivity index (χ0) is 5.98.